The topological polar surface area (TPSA) is 93.4 Å². The molecule has 4 rings (SSSR count). The zero-order chi connectivity index (χ0) is 23.6. The third kappa shape index (κ3) is 4.66. The Hall–Kier alpha value is -3.89. The Morgan fingerprint density at radius 3 is 2.55 bits per heavy atom. The number of carbonyl (C=O) groups excluding carboxylic acids is 1. The molecule has 0 spiro atoms. The van der Waals surface area contributed by atoms with Gasteiger partial charge in [0.05, 0.1) is 11.1 Å². The van der Waals surface area contributed by atoms with E-state index in [0.717, 1.165) is 0 Å². The molecule has 1 amide bonds. The minimum Gasteiger partial charge on any atom is -0.405 e. The molecule has 4 aromatic rings. The molecule has 2 aromatic heterocycles. The van der Waals surface area contributed by atoms with Gasteiger partial charge in [-0.05, 0) is 37.6 Å². The van der Waals surface area contributed by atoms with Crippen LogP contribution in [0.4, 0.5) is 19.1 Å². The molecule has 33 heavy (non-hydrogen) atoms. The number of carbonyl (C=O) groups is 1. The monoisotopic (exact) mass is 458 g/mol. The predicted octanol–water partition coefficient (Wildman–Crippen LogP) is 4.17. The van der Waals surface area contributed by atoms with Crippen molar-refractivity contribution in [3.8, 4) is 17.1 Å². The highest BCUT2D eigenvalue weighted by Crippen LogP contribution is 2.33. The van der Waals surface area contributed by atoms with Crippen LogP contribution >= 0.6 is 0 Å². The van der Waals surface area contributed by atoms with Gasteiger partial charge in [0, 0.05) is 11.9 Å². The van der Waals surface area contributed by atoms with Crippen LogP contribution in [-0.4, -0.2) is 44.4 Å². The number of hydrogen-bond donors (Lipinski definition) is 2. The largest absolute Gasteiger partial charge is 0.573 e. The number of likely N-dealkylation sites (N-methyl/N-ethyl adjacent to an activating group) is 1. The summed E-state index contributed by atoms with van der Waals surface area (Å²) in [5.41, 5.74) is 1.05. The molecular weight excluding hydrogens is 437 g/mol. The van der Waals surface area contributed by atoms with Gasteiger partial charge in [0.2, 0.25) is 11.9 Å². The molecule has 11 heteroatoms. The molecule has 2 heterocycles. The number of anilines is 1. The van der Waals surface area contributed by atoms with Gasteiger partial charge in [-0.3, -0.25) is 4.79 Å². The third-order valence-electron chi connectivity index (χ3n) is 4.91. The van der Waals surface area contributed by atoms with Crippen LogP contribution in [0.3, 0.4) is 0 Å². The van der Waals surface area contributed by atoms with Gasteiger partial charge in [0.15, 0.2) is 11.5 Å². The van der Waals surface area contributed by atoms with E-state index in [2.05, 4.69) is 30.4 Å². The molecule has 0 aliphatic heterocycles. The first kappa shape index (κ1) is 22.3. The molecule has 0 fully saturated rings. The number of fused-ring (bicyclic) bond motifs is 3. The molecule has 0 radical (unpaired) electrons. The summed E-state index contributed by atoms with van der Waals surface area (Å²) in [6, 6.07) is 12.2. The fraction of sp³-hybridized carbons (Fsp3) is 0.273. The lowest BCUT2D eigenvalue weighted by Gasteiger charge is -2.17. The fourth-order valence-electron chi connectivity index (χ4n) is 3.43. The van der Waals surface area contributed by atoms with Crippen molar-refractivity contribution in [1.82, 2.24) is 24.9 Å². The van der Waals surface area contributed by atoms with Crippen molar-refractivity contribution in [2.24, 2.45) is 0 Å². The number of amides is 1. The van der Waals surface area contributed by atoms with E-state index in [1.807, 2.05) is 13.8 Å². The van der Waals surface area contributed by atoms with Crippen molar-refractivity contribution in [2.45, 2.75) is 32.7 Å². The molecule has 2 N–H and O–H groups in total. The molecule has 172 valence electrons. The second-order valence-electron chi connectivity index (χ2n) is 7.17. The Morgan fingerprint density at radius 1 is 1.09 bits per heavy atom. The summed E-state index contributed by atoms with van der Waals surface area (Å²) < 4.78 is 44.3. The maximum Gasteiger partial charge on any atom is 0.573 e. The van der Waals surface area contributed by atoms with Crippen LogP contribution in [-0.2, 0) is 4.79 Å². The van der Waals surface area contributed by atoms with Crippen LogP contribution in [0, 0.1) is 0 Å². The van der Waals surface area contributed by atoms with E-state index in [4.69, 9.17) is 0 Å². The minimum absolute atomic E-state index is 0.0297. The average molecular weight is 458 g/mol. The Bertz CT molecular complexity index is 1300. The quantitative estimate of drug-likeness (QED) is 0.432. The SMILES string of the molecule is CCNC(=O)[C@@H](CC)Nc1nc2ccccc2c2nc(-c3ccccc3OC(F)(F)F)nn12. The summed E-state index contributed by atoms with van der Waals surface area (Å²) in [5.74, 6) is -0.342. The van der Waals surface area contributed by atoms with Gasteiger partial charge in [0.1, 0.15) is 11.8 Å². The Balaban J connectivity index is 1.87. The predicted molar refractivity (Wildman–Crippen MR) is 117 cm³/mol. The lowest BCUT2D eigenvalue weighted by molar-refractivity contribution is -0.274. The summed E-state index contributed by atoms with van der Waals surface area (Å²) in [4.78, 5) is 21.5. The first-order valence-corrected chi connectivity index (χ1v) is 10.4. The first-order chi connectivity index (χ1) is 15.8. The van der Waals surface area contributed by atoms with E-state index >= 15 is 0 Å². The van der Waals surface area contributed by atoms with Crippen LogP contribution in [0.1, 0.15) is 20.3 Å². The van der Waals surface area contributed by atoms with Crippen molar-refractivity contribution < 1.29 is 22.7 Å². The number of hydrogen-bond acceptors (Lipinski definition) is 6. The number of rotatable bonds is 7. The summed E-state index contributed by atoms with van der Waals surface area (Å²) in [5, 5.41) is 10.9. The zero-order valence-electron chi connectivity index (χ0n) is 17.8. The maximum absolute atomic E-state index is 12.9. The van der Waals surface area contributed by atoms with E-state index in [0.29, 0.717) is 29.5 Å². The number of benzene rings is 2. The molecular formula is C22H21F3N6O2. The Kier molecular flexibility index (Phi) is 6.03. The van der Waals surface area contributed by atoms with Crippen LogP contribution in [0.2, 0.25) is 0 Å². The lowest BCUT2D eigenvalue weighted by Crippen LogP contribution is -2.39. The van der Waals surface area contributed by atoms with Gasteiger partial charge >= 0.3 is 6.36 Å². The van der Waals surface area contributed by atoms with Gasteiger partial charge in [-0.1, -0.05) is 31.2 Å². The lowest BCUT2D eigenvalue weighted by atomic mass is 10.2. The van der Waals surface area contributed by atoms with Gasteiger partial charge < -0.3 is 15.4 Å². The van der Waals surface area contributed by atoms with Crippen molar-refractivity contribution >= 4 is 28.4 Å². The van der Waals surface area contributed by atoms with Gasteiger partial charge in [-0.15, -0.1) is 18.3 Å². The number of para-hydroxylation sites is 2. The zero-order valence-corrected chi connectivity index (χ0v) is 17.8. The molecule has 0 aliphatic rings. The number of alkyl halides is 3. The highest BCUT2D eigenvalue weighted by Gasteiger charge is 2.32. The number of nitrogens with one attached hydrogen (secondary N) is 2. The maximum atomic E-state index is 12.9. The third-order valence-corrected chi connectivity index (χ3v) is 4.91. The highest BCUT2D eigenvalue weighted by atomic mass is 19.4. The Morgan fingerprint density at radius 2 is 1.82 bits per heavy atom. The van der Waals surface area contributed by atoms with E-state index in [-0.39, 0.29) is 23.2 Å². The molecule has 0 bridgehead atoms. The van der Waals surface area contributed by atoms with E-state index in [1.54, 1.807) is 30.3 Å². The highest BCUT2D eigenvalue weighted by molar-refractivity contribution is 5.93. The van der Waals surface area contributed by atoms with E-state index in [9.17, 15) is 18.0 Å². The van der Waals surface area contributed by atoms with Crippen LogP contribution in [0.5, 0.6) is 5.75 Å². The standard InChI is InChI=1S/C22H21F3N6O2/c1-3-15(20(32)26-4-2)27-21-28-16-11-7-5-9-13(16)19-29-18(30-31(19)21)14-10-6-8-12-17(14)33-22(23,24)25/h5-12,15H,3-4H2,1-2H3,(H,26,32)(H,27,28)/t15-/m1/s1. The van der Waals surface area contributed by atoms with Crippen molar-refractivity contribution in [2.75, 3.05) is 11.9 Å². The van der Waals surface area contributed by atoms with Crippen LogP contribution < -0.4 is 15.4 Å². The number of halogens is 3. The molecule has 0 aliphatic carbocycles. The van der Waals surface area contributed by atoms with Gasteiger partial charge in [-0.2, -0.15) is 4.52 Å². The number of ether oxygens (including phenoxy) is 1. The van der Waals surface area contributed by atoms with Crippen LogP contribution in [0.15, 0.2) is 48.5 Å². The second-order valence-corrected chi connectivity index (χ2v) is 7.17. The van der Waals surface area contributed by atoms with Crippen molar-refractivity contribution in [3.63, 3.8) is 0 Å². The van der Waals surface area contributed by atoms with E-state index in [1.165, 1.54) is 22.7 Å². The molecule has 2 aromatic carbocycles. The number of nitrogens with zero attached hydrogens (tertiary/aromatic N) is 4. The van der Waals surface area contributed by atoms with Crippen LogP contribution in [0.25, 0.3) is 27.9 Å². The Labute approximate surface area is 186 Å². The van der Waals surface area contributed by atoms with Crippen molar-refractivity contribution in [1.29, 1.82) is 0 Å². The molecule has 0 unspecified atom stereocenters. The molecule has 1 atom stereocenters. The summed E-state index contributed by atoms with van der Waals surface area (Å²) >= 11 is 0. The molecule has 0 saturated heterocycles. The molecule has 0 saturated carbocycles. The van der Waals surface area contributed by atoms with Crippen molar-refractivity contribution in [3.05, 3.63) is 48.5 Å². The number of aromatic nitrogens is 4. The minimum atomic E-state index is -4.86. The fourth-order valence-corrected chi connectivity index (χ4v) is 3.43. The normalized spacial score (nSPS) is 12.6. The van der Waals surface area contributed by atoms with Gasteiger partial charge in [-0.25, -0.2) is 9.97 Å². The van der Waals surface area contributed by atoms with Gasteiger partial charge in [0.25, 0.3) is 0 Å². The first-order valence-electron chi connectivity index (χ1n) is 10.4. The molecule has 8 nitrogen and oxygen atoms in total. The summed E-state index contributed by atoms with van der Waals surface area (Å²) in [6.45, 7) is 4.14. The second kappa shape index (κ2) is 8.93. The smallest absolute Gasteiger partial charge is 0.405 e. The summed E-state index contributed by atoms with van der Waals surface area (Å²) in [7, 11) is 0. The summed E-state index contributed by atoms with van der Waals surface area (Å²) in [6.07, 6.45) is -4.39. The van der Waals surface area contributed by atoms with E-state index < -0.39 is 18.2 Å². The average Bonchev–Trinajstić information content (AvgIpc) is 3.22.